The average molecular weight is 132 g/mol. The van der Waals surface area contributed by atoms with Gasteiger partial charge in [-0.05, 0) is 12.3 Å². The molecule has 0 saturated carbocycles. The number of rotatable bonds is 3. The molecule has 3 heteroatoms. The van der Waals surface area contributed by atoms with Crippen molar-refractivity contribution in [3.8, 4) is 0 Å². The summed E-state index contributed by atoms with van der Waals surface area (Å²) in [4.78, 5) is 10.2. The highest BCUT2D eigenvalue weighted by molar-refractivity contribution is 5.72. The first-order chi connectivity index (χ1) is 4.46. The van der Waals surface area contributed by atoms with Crippen LogP contribution >= 0.6 is 0 Å². The summed E-state index contributed by atoms with van der Waals surface area (Å²) in [5, 5.41) is 8.36. The largest absolute Gasteiger partial charge is 0.480 e. The minimum Gasteiger partial charge on any atom is -0.480 e. The summed E-state index contributed by atoms with van der Waals surface area (Å²) in [5.74, 6) is -1.11. The minimum atomic E-state index is -1.10. The van der Waals surface area contributed by atoms with Crippen molar-refractivity contribution in [2.45, 2.75) is 26.3 Å². The molecule has 9 heavy (non-hydrogen) atoms. The second-order valence-electron chi connectivity index (χ2n) is 2.30. The summed E-state index contributed by atoms with van der Waals surface area (Å²) in [5.41, 5.74) is 5.17. The number of hydrogen-bond acceptors (Lipinski definition) is 2. The summed E-state index contributed by atoms with van der Waals surface area (Å²) >= 11 is 0. The van der Waals surface area contributed by atoms with Gasteiger partial charge in [0.15, 0.2) is 0 Å². The fourth-order valence-electron chi connectivity index (χ4n) is 0.497. The Bertz CT molecular complexity index is 127. The number of aliphatic carboxylic acids is 1. The van der Waals surface area contributed by atoms with Crippen molar-refractivity contribution in [1.82, 2.24) is 0 Å². The predicted octanol–water partition coefficient (Wildman–Crippen LogP) is 0.444. The van der Waals surface area contributed by atoms with Crippen molar-refractivity contribution in [3.05, 3.63) is 0 Å². The zero-order chi connectivity index (χ0) is 8.31. The normalized spacial score (nSPS) is 18.9. The molecule has 0 fully saturated rings. The first-order valence-corrected chi connectivity index (χ1v) is 2.87. The summed E-state index contributed by atoms with van der Waals surface area (Å²) in [7, 11) is 0. The number of carboxylic acid groups (broad SMARTS) is 1. The molecule has 0 aromatic carbocycles. The van der Waals surface area contributed by atoms with Crippen LogP contribution in [0.1, 0.15) is 21.6 Å². The van der Waals surface area contributed by atoms with E-state index in [1.807, 2.05) is 0 Å². The van der Waals surface area contributed by atoms with Gasteiger partial charge in [0.1, 0.15) is 6.04 Å². The van der Waals surface area contributed by atoms with E-state index in [1.54, 1.807) is 13.8 Å². The maximum Gasteiger partial charge on any atom is 0.320 e. The fraction of sp³-hybridized carbons (Fsp3) is 0.833. The molecule has 0 aliphatic heterocycles. The molecule has 0 rings (SSSR count). The Balaban J connectivity index is 3.94. The van der Waals surface area contributed by atoms with Crippen LogP contribution in [0.3, 0.4) is 0 Å². The smallest absolute Gasteiger partial charge is 0.320 e. The molecular formula is C6H13NO2. The van der Waals surface area contributed by atoms with Crippen molar-refractivity contribution in [3.63, 3.8) is 0 Å². The van der Waals surface area contributed by atoms with Crippen LogP contribution in [0.4, 0.5) is 0 Å². The molecular weight excluding hydrogens is 118 g/mol. The molecule has 0 spiro atoms. The molecule has 2 atom stereocenters. The van der Waals surface area contributed by atoms with E-state index in [2.05, 4.69) is 0 Å². The van der Waals surface area contributed by atoms with Gasteiger partial charge in [-0.25, -0.2) is 0 Å². The van der Waals surface area contributed by atoms with Crippen molar-refractivity contribution in [2.75, 3.05) is 0 Å². The SMILES string of the molecule is [2H]C(C(C)C)[C@H](N)C(=O)O. The monoisotopic (exact) mass is 132 g/mol. The molecule has 54 valence electrons. The second kappa shape index (κ2) is 3.45. The molecule has 0 aromatic heterocycles. The molecule has 0 heterocycles. The van der Waals surface area contributed by atoms with Crippen LogP contribution in [0.25, 0.3) is 0 Å². The zero-order valence-corrected chi connectivity index (χ0v) is 5.66. The Kier molecular flexibility index (Phi) is 2.51. The number of carbonyl (C=O) groups is 1. The Labute approximate surface area is 56.3 Å². The third-order valence-electron chi connectivity index (χ3n) is 0.877. The van der Waals surface area contributed by atoms with Gasteiger partial charge < -0.3 is 10.8 Å². The molecule has 0 amide bonds. The molecule has 0 aliphatic carbocycles. The lowest BCUT2D eigenvalue weighted by atomic mass is 10.1. The molecule has 3 N–H and O–H groups in total. The van der Waals surface area contributed by atoms with Crippen LogP contribution in [-0.4, -0.2) is 17.1 Å². The van der Waals surface area contributed by atoms with E-state index in [4.69, 9.17) is 12.2 Å². The van der Waals surface area contributed by atoms with Gasteiger partial charge in [-0.15, -0.1) is 0 Å². The first-order valence-electron chi connectivity index (χ1n) is 3.45. The summed E-state index contributed by atoms with van der Waals surface area (Å²) in [6.07, 6.45) is -0.711. The number of nitrogens with two attached hydrogens (primary N) is 1. The predicted molar refractivity (Wildman–Crippen MR) is 35.1 cm³/mol. The van der Waals surface area contributed by atoms with Gasteiger partial charge >= 0.3 is 5.97 Å². The molecule has 1 unspecified atom stereocenters. The van der Waals surface area contributed by atoms with E-state index in [0.29, 0.717) is 0 Å². The summed E-state index contributed by atoms with van der Waals surface area (Å²) in [6.45, 7) is 3.56. The lowest BCUT2D eigenvalue weighted by Gasteiger charge is -2.07. The van der Waals surface area contributed by atoms with E-state index >= 15 is 0 Å². The quantitative estimate of drug-likeness (QED) is 0.585. The summed E-state index contributed by atoms with van der Waals surface area (Å²) in [6, 6.07) is -1.06. The molecule has 0 saturated heterocycles. The van der Waals surface area contributed by atoms with Gasteiger partial charge in [-0.2, -0.15) is 0 Å². The first kappa shape index (κ1) is 6.55. The Morgan fingerprint density at radius 1 is 1.89 bits per heavy atom. The number of hydrogen-bond donors (Lipinski definition) is 2. The maximum atomic E-state index is 10.2. The van der Waals surface area contributed by atoms with Crippen LogP contribution in [0.2, 0.25) is 0 Å². The third kappa shape index (κ3) is 3.97. The average Bonchev–Trinajstić information content (AvgIpc) is 1.84. The van der Waals surface area contributed by atoms with Crippen LogP contribution in [0.5, 0.6) is 0 Å². The van der Waals surface area contributed by atoms with E-state index in [0.717, 1.165) is 0 Å². The topological polar surface area (TPSA) is 63.3 Å². The van der Waals surface area contributed by atoms with Crippen molar-refractivity contribution < 1.29 is 11.3 Å². The lowest BCUT2D eigenvalue weighted by Crippen LogP contribution is -2.31. The standard InChI is InChI=1S/C6H13NO2/c1-4(2)3-5(7)6(8)9/h4-5H,3,7H2,1-2H3,(H,8,9)/t5-/m0/s1/i3D/t3?,5-. The Hall–Kier alpha value is -0.570. The third-order valence-corrected chi connectivity index (χ3v) is 0.877. The number of carboxylic acids is 1. The Morgan fingerprint density at radius 2 is 2.33 bits per heavy atom. The van der Waals surface area contributed by atoms with Gasteiger partial charge in [-0.3, -0.25) is 4.79 Å². The van der Waals surface area contributed by atoms with Crippen LogP contribution in [0.15, 0.2) is 0 Å². The van der Waals surface area contributed by atoms with E-state index in [9.17, 15) is 4.79 Å². The van der Waals surface area contributed by atoms with E-state index in [1.165, 1.54) is 0 Å². The minimum absolute atomic E-state index is 0.00824. The van der Waals surface area contributed by atoms with E-state index < -0.39 is 18.4 Å². The summed E-state index contributed by atoms with van der Waals surface area (Å²) < 4.78 is 7.26. The van der Waals surface area contributed by atoms with Gasteiger partial charge in [0.25, 0.3) is 0 Å². The molecule has 0 aliphatic rings. The Morgan fingerprint density at radius 3 is 2.44 bits per heavy atom. The van der Waals surface area contributed by atoms with Gasteiger partial charge in [0, 0.05) is 1.37 Å². The van der Waals surface area contributed by atoms with Gasteiger partial charge in [0.2, 0.25) is 0 Å². The molecule has 3 nitrogen and oxygen atoms in total. The van der Waals surface area contributed by atoms with Crippen molar-refractivity contribution >= 4 is 5.97 Å². The fourth-order valence-corrected chi connectivity index (χ4v) is 0.497. The highest BCUT2D eigenvalue weighted by Crippen LogP contribution is 2.01. The lowest BCUT2D eigenvalue weighted by molar-refractivity contribution is -0.138. The zero-order valence-electron chi connectivity index (χ0n) is 6.66. The van der Waals surface area contributed by atoms with E-state index in [-0.39, 0.29) is 5.92 Å². The molecule has 0 radical (unpaired) electrons. The van der Waals surface area contributed by atoms with Crippen molar-refractivity contribution in [2.24, 2.45) is 11.7 Å². The van der Waals surface area contributed by atoms with Crippen LogP contribution in [-0.2, 0) is 4.79 Å². The van der Waals surface area contributed by atoms with Gasteiger partial charge in [0.05, 0.1) is 0 Å². The highest BCUT2D eigenvalue weighted by Gasteiger charge is 2.11. The highest BCUT2D eigenvalue weighted by atomic mass is 16.4. The van der Waals surface area contributed by atoms with Crippen LogP contribution in [0, 0.1) is 5.92 Å². The second-order valence-corrected chi connectivity index (χ2v) is 2.30. The molecule has 0 aromatic rings. The molecule has 0 bridgehead atoms. The maximum absolute atomic E-state index is 10.2. The van der Waals surface area contributed by atoms with Crippen LogP contribution < -0.4 is 5.73 Å². The van der Waals surface area contributed by atoms with Crippen molar-refractivity contribution in [1.29, 1.82) is 0 Å². The van der Waals surface area contributed by atoms with Gasteiger partial charge in [-0.1, -0.05) is 13.8 Å².